The number of carbonyl (C=O) groups is 1. The van der Waals surface area contributed by atoms with Crippen LogP contribution in [-0.4, -0.2) is 69.8 Å². The number of halogens is 6. The first-order valence-electron chi connectivity index (χ1n) is 14.6. The van der Waals surface area contributed by atoms with Crippen molar-refractivity contribution in [2.45, 2.75) is 83.2 Å². The Morgan fingerprint density at radius 3 is 2.33 bits per heavy atom. The molecule has 0 radical (unpaired) electrons. The Morgan fingerprint density at radius 2 is 1.77 bits per heavy atom. The maximum atomic E-state index is 14.7. The van der Waals surface area contributed by atoms with E-state index in [9.17, 15) is 23.1 Å². The van der Waals surface area contributed by atoms with E-state index < -0.39 is 17.9 Å². The highest BCUT2D eigenvalue weighted by Crippen LogP contribution is 2.43. The van der Waals surface area contributed by atoms with Crippen molar-refractivity contribution in [3.05, 3.63) is 59.2 Å². The predicted octanol–water partition coefficient (Wildman–Crippen LogP) is 7.38. The Morgan fingerprint density at radius 1 is 1.09 bits per heavy atom. The lowest BCUT2D eigenvalue weighted by Gasteiger charge is -2.35. The topological polar surface area (TPSA) is 69.6 Å². The Bertz CT molecular complexity index is 1140. The van der Waals surface area contributed by atoms with Crippen molar-refractivity contribution >= 4 is 43.2 Å². The minimum Gasteiger partial charge on any atom is -0.480 e. The van der Waals surface area contributed by atoms with Crippen LogP contribution in [0.3, 0.4) is 0 Å². The third-order valence-electron chi connectivity index (χ3n) is 9.08. The van der Waals surface area contributed by atoms with Gasteiger partial charge >= 0.3 is 5.97 Å². The van der Waals surface area contributed by atoms with Crippen LogP contribution in [0.4, 0.5) is 13.2 Å². The summed E-state index contributed by atoms with van der Waals surface area (Å²) >= 11 is 0. The van der Waals surface area contributed by atoms with Crippen molar-refractivity contribution in [1.29, 1.82) is 0 Å². The first-order valence-corrected chi connectivity index (χ1v) is 14.6. The smallest absolute Gasteiger partial charge is 0.321 e. The summed E-state index contributed by atoms with van der Waals surface area (Å²) in [6, 6.07) is 9.25. The first kappa shape index (κ1) is 39.4. The van der Waals surface area contributed by atoms with Crippen LogP contribution in [0.25, 0.3) is 0 Å². The molecule has 2 heterocycles. The molecule has 2 fully saturated rings. The van der Waals surface area contributed by atoms with E-state index in [2.05, 4.69) is 15.1 Å². The van der Waals surface area contributed by atoms with E-state index in [1.54, 1.807) is 25.1 Å². The molecule has 1 saturated carbocycles. The highest BCUT2D eigenvalue weighted by molar-refractivity contribution is 5.86. The number of aliphatic carboxylic acids is 1. The predicted molar refractivity (Wildman–Crippen MR) is 170 cm³/mol. The molecular formula is C31H46Cl3F3N4O2. The number of carboxylic acids is 1. The maximum Gasteiger partial charge on any atom is 0.321 e. The number of hydrogen-bond donors (Lipinski definition) is 1. The number of aromatic nitrogens is 2. The summed E-state index contributed by atoms with van der Waals surface area (Å²) in [5, 5.41) is 17.3. The Labute approximate surface area is 272 Å². The molecule has 1 aromatic heterocycles. The monoisotopic (exact) mass is 668 g/mol. The van der Waals surface area contributed by atoms with E-state index in [1.165, 1.54) is 12.1 Å². The number of benzene rings is 1. The highest BCUT2D eigenvalue weighted by atomic mass is 35.5. The van der Waals surface area contributed by atoms with Gasteiger partial charge in [-0.3, -0.25) is 9.69 Å². The van der Waals surface area contributed by atoms with Gasteiger partial charge in [0.2, 0.25) is 0 Å². The number of likely N-dealkylation sites (tertiary alicyclic amines) is 1. The molecule has 1 saturated heterocycles. The van der Waals surface area contributed by atoms with Crippen LogP contribution in [0, 0.1) is 30.5 Å². The molecule has 43 heavy (non-hydrogen) atoms. The molecule has 0 bridgehead atoms. The Hall–Kier alpha value is -1.65. The van der Waals surface area contributed by atoms with Gasteiger partial charge in [0.25, 0.3) is 5.92 Å². The average Bonchev–Trinajstić information content (AvgIpc) is 3.32. The molecule has 244 valence electrons. The second-order valence-electron chi connectivity index (χ2n) is 12.3. The Kier molecular flexibility index (Phi) is 15.7. The molecule has 4 atom stereocenters. The van der Waals surface area contributed by atoms with Crippen molar-refractivity contribution < 1.29 is 23.1 Å². The average molecular weight is 670 g/mol. The molecule has 2 aromatic rings. The largest absolute Gasteiger partial charge is 0.480 e. The minimum atomic E-state index is -2.98. The lowest BCUT2D eigenvalue weighted by molar-refractivity contribution is -0.145. The van der Waals surface area contributed by atoms with Crippen molar-refractivity contribution in [3.8, 4) is 0 Å². The van der Waals surface area contributed by atoms with Gasteiger partial charge < -0.3 is 10.0 Å². The number of alkyl halides is 2. The number of piperidine rings is 1. The fourth-order valence-electron chi connectivity index (χ4n) is 6.83. The van der Waals surface area contributed by atoms with Crippen LogP contribution in [0.5, 0.6) is 0 Å². The molecule has 1 N–H and O–H groups in total. The fourth-order valence-corrected chi connectivity index (χ4v) is 6.83. The van der Waals surface area contributed by atoms with E-state index in [-0.39, 0.29) is 84.9 Å². The molecule has 12 heteroatoms. The van der Waals surface area contributed by atoms with Gasteiger partial charge in [0.1, 0.15) is 17.6 Å². The van der Waals surface area contributed by atoms with Gasteiger partial charge in [0, 0.05) is 19.0 Å². The summed E-state index contributed by atoms with van der Waals surface area (Å²) in [6.45, 7) is 8.12. The zero-order chi connectivity index (χ0) is 29.0. The Balaban J connectivity index is 0.00000308. The number of aryl methyl sites for hydroxylation is 1. The molecule has 1 aromatic carbocycles. The lowest BCUT2D eigenvalue weighted by atomic mass is 9.86. The van der Waals surface area contributed by atoms with Crippen LogP contribution in [-0.2, 0) is 10.7 Å². The van der Waals surface area contributed by atoms with E-state index >= 15 is 0 Å². The second-order valence-corrected chi connectivity index (χ2v) is 12.3. The lowest BCUT2D eigenvalue weighted by Crippen LogP contribution is -2.47. The van der Waals surface area contributed by atoms with Crippen LogP contribution < -0.4 is 0 Å². The second kappa shape index (κ2) is 17.2. The minimum absolute atomic E-state index is 0. The van der Waals surface area contributed by atoms with E-state index in [0.29, 0.717) is 12.1 Å². The molecular weight excluding hydrogens is 624 g/mol. The summed E-state index contributed by atoms with van der Waals surface area (Å²) in [5.74, 6) is -3.44. The zero-order valence-electron chi connectivity index (χ0n) is 25.3. The summed E-state index contributed by atoms with van der Waals surface area (Å²) in [4.78, 5) is 16.4. The third-order valence-corrected chi connectivity index (χ3v) is 9.08. The summed E-state index contributed by atoms with van der Waals surface area (Å²) in [5.41, 5.74) is 1.32. The van der Waals surface area contributed by atoms with Gasteiger partial charge in [-0.1, -0.05) is 26.0 Å². The van der Waals surface area contributed by atoms with Crippen molar-refractivity contribution in [1.82, 2.24) is 20.0 Å². The summed E-state index contributed by atoms with van der Waals surface area (Å²) in [7, 11) is 1.90. The van der Waals surface area contributed by atoms with Crippen molar-refractivity contribution in [2.75, 3.05) is 26.7 Å². The summed E-state index contributed by atoms with van der Waals surface area (Å²) < 4.78 is 43.6. The van der Waals surface area contributed by atoms with Gasteiger partial charge in [-0.2, -0.15) is 13.9 Å². The fraction of sp³-hybridized carbons (Fsp3) is 0.645. The van der Waals surface area contributed by atoms with E-state index in [0.717, 1.165) is 50.9 Å². The van der Waals surface area contributed by atoms with Crippen molar-refractivity contribution in [3.63, 3.8) is 0 Å². The number of rotatable bonds is 11. The van der Waals surface area contributed by atoms with E-state index in [4.69, 9.17) is 0 Å². The van der Waals surface area contributed by atoms with Crippen molar-refractivity contribution in [2.24, 2.45) is 17.8 Å². The van der Waals surface area contributed by atoms with Crippen LogP contribution >= 0.6 is 37.2 Å². The van der Waals surface area contributed by atoms with Crippen LogP contribution in [0.1, 0.15) is 75.2 Å². The number of likely N-dealkylation sites (N-methyl/N-ethyl adjacent to an activating group) is 1. The zero-order valence-corrected chi connectivity index (χ0v) is 27.7. The number of carboxylic acid groups (broad SMARTS) is 1. The molecule has 4 rings (SSSR count). The molecule has 0 spiro atoms. The van der Waals surface area contributed by atoms with E-state index in [1.807, 2.05) is 31.9 Å². The van der Waals surface area contributed by atoms with Crippen LogP contribution in [0.2, 0.25) is 0 Å². The van der Waals surface area contributed by atoms with Gasteiger partial charge in [-0.05, 0) is 113 Å². The quantitative estimate of drug-likeness (QED) is 0.269. The third kappa shape index (κ3) is 10.2. The summed E-state index contributed by atoms with van der Waals surface area (Å²) in [6.07, 6.45) is 3.58. The molecule has 1 aliphatic carbocycles. The molecule has 6 nitrogen and oxygen atoms in total. The molecule has 1 aliphatic heterocycles. The van der Waals surface area contributed by atoms with Gasteiger partial charge in [0.05, 0.1) is 5.69 Å². The normalized spacial score (nSPS) is 22.0. The van der Waals surface area contributed by atoms with Gasteiger partial charge in [-0.15, -0.1) is 42.3 Å². The molecule has 2 aliphatic rings. The molecule has 3 unspecified atom stereocenters. The van der Waals surface area contributed by atoms with Gasteiger partial charge in [-0.25, -0.2) is 4.39 Å². The SMILES string of the molecule is Cc1ccc(C(F)(F)CCC2CCN(CC3CC(N(C)[C@@H](C(=O)O)C(C)C)CC3c3cccc(F)c3)CC2)nn1.Cl.Cl.Cl. The standard InChI is InChI=1S/C31H43F3N4O2.3ClH/c1-20(2)29(30(39)40)37(4)26-17-24(27(18-26)23-6-5-7-25(32)16-23)19-38-14-11-22(12-15-38)10-13-31(33,34)28-9-8-21(3)35-36-28;;;/h5-9,16,20,22,24,26-27,29H,10-15,17-19H2,1-4H3,(H,39,40);3*1H/t24?,26?,27?,29-;;;/m1.../s1. The number of nitrogens with zero attached hydrogens (tertiary/aromatic N) is 4. The highest BCUT2D eigenvalue weighted by Gasteiger charge is 2.42. The maximum absolute atomic E-state index is 14.7. The molecule has 0 amide bonds. The van der Waals surface area contributed by atoms with Crippen LogP contribution in [0.15, 0.2) is 36.4 Å². The first-order chi connectivity index (χ1) is 18.9. The number of hydrogen-bond acceptors (Lipinski definition) is 5. The van der Waals surface area contributed by atoms with Gasteiger partial charge in [0.15, 0.2) is 0 Å².